The SMILES string of the molecule is C=CC(=O)N(CCOC(=O)C(C)(C)C)C(C)(C)C.C=CC(=O)N(CCOC(=O)C(C)C)C(C)(C)C.C=CC(=O)N(CCOC(=O)CC(C)C)C(C)(C)C.C=CC(=O)N(CCOC(=O)CC)C(C)(C)C.C=CC(=O)N(CCOC(=O)CCC)C(C)(C)C.C=CC(=O)N(CCOC(C)=O)C(C)(C)C. The van der Waals surface area contributed by atoms with Crippen LogP contribution < -0.4 is 0 Å². The van der Waals surface area contributed by atoms with Gasteiger partial charge in [0.1, 0.15) is 39.6 Å². The number of rotatable bonds is 30. The third-order valence-electron chi connectivity index (χ3n) is 13.4. The first-order valence-corrected chi connectivity index (χ1v) is 34.4. The molecule has 0 radical (unpaired) electrons. The van der Waals surface area contributed by atoms with E-state index in [1.54, 1.807) is 70.9 Å². The van der Waals surface area contributed by atoms with E-state index in [1.807, 2.05) is 145 Å². The van der Waals surface area contributed by atoms with Gasteiger partial charge in [-0.3, -0.25) is 57.5 Å². The van der Waals surface area contributed by atoms with Gasteiger partial charge in [-0.15, -0.1) is 0 Å². The highest BCUT2D eigenvalue weighted by Crippen LogP contribution is 2.20. The Morgan fingerprint density at radius 2 is 0.564 bits per heavy atom. The fraction of sp³-hybridized carbons (Fsp3) is 0.688. The van der Waals surface area contributed by atoms with Gasteiger partial charge in [-0.2, -0.15) is 0 Å². The van der Waals surface area contributed by atoms with Crippen molar-refractivity contribution >= 4 is 71.3 Å². The molecule has 582 valence electrons. The Bertz CT molecular complexity index is 2630. The van der Waals surface area contributed by atoms with Crippen molar-refractivity contribution in [1.29, 1.82) is 0 Å². The molecule has 0 N–H and O–H groups in total. The van der Waals surface area contributed by atoms with Crippen molar-refractivity contribution in [3.05, 3.63) is 75.9 Å². The Hall–Kier alpha value is -7.92. The minimum Gasteiger partial charge on any atom is -0.464 e. The van der Waals surface area contributed by atoms with E-state index in [2.05, 4.69) is 39.5 Å². The molecule has 24 heteroatoms. The Kier molecular flexibility index (Phi) is 52.8. The zero-order chi connectivity index (χ0) is 80.8. The summed E-state index contributed by atoms with van der Waals surface area (Å²) < 4.78 is 30.1. The van der Waals surface area contributed by atoms with Crippen LogP contribution in [0.3, 0.4) is 0 Å². The van der Waals surface area contributed by atoms with Crippen molar-refractivity contribution in [1.82, 2.24) is 29.4 Å². The quantitative estimate of drug-likeness (QED) is 0.0367. The maximum Gasteiger partial charge on any atom is 0.311 e. The molecule has 0 saturated heterocycles. The highest BCUT2D eigenvalue weighted by atomic mass is 16.6. The largest absolute Gasteiger partial charge is 0.464 e. The Morgan fingerprint density at radius 1 is 0.337 bits per heavy atom. The first kappa shape index (κ1) is 104. The second kappa shape index (κ2) is 51.3. The van der Waals surface area contributed by atoms with E-state index in [0.717, 1.165) is 6.42 Å². The second-order valence-corrected chi connectivity index (χ2v) is 30.6. The van der Waals surface area contributed by atoms with Gasteiger partial charge in [0.2, 0.25) is 35.4 Å². The van der Waals surface area contributed by atoms with Gasteiger partial charge in [0.25, 0.3) is 0 Å². The molecule has 0 saturated carbocycles. The lowest BCUT2D eigenvalue weighted by Crippen LogP contribution is -2.46. The van der Waals surface area contributed by atoms with Crippen molar-refractivity contribution < 1.29 is 86.0 Å². The molecule has 0 fully saturated rings. The van der Waals surface area contributed by atoms with Crippen LogP contribution in [0.4, 0.5) is 0 Å². The van der Waals surface area contributed by atoms with Crippen molar-refractivity contribution in [2.75, 3.05) is 78.9 Å². The topological polar surface area (TPSA) is 280 Å². The molecule has 101 heavy (non-hydrogen) atoms. The maximum atomic E-state index is 11.7. The summed E-state index contributed by atoms with van der Waals surface area (Å²) in [5, 5.41) is 0. The molecule has 0 atom stereocenters. The zero-order valence-electron chi connectivity index (χ0n) is 67.7. The van der Waals surface area contributed by atoms with Crippen LogP contribution in [-0.4, -0.2) is 213 Å². The van der Waals surface area contributed by atoms with Crippen molar-refractivity contribution in [3.8, 4) is 0 Å². The van der Waals surface area contributed by atoms with Crippen molar-refractivity contribution in [2.24, 2.45) is 17.3 Å². The monoisotopic (exact) mass is 1430 g/mol. The molecule has 6 amide bonds. The minimum atomic E-state index is -0.519. The lowest BCUT2D eigenvalue weighted by molar-refractivity contribution is -0.155. The third kappa shape index (κ3) is 52.7. The first-order valence-electron chi connectivity index (χ1n) is 34.4. The van der Waals surface area contributed by atoms with Crippen LogP contribution in [0, 0.1) is 17.3 Å². The molecule has 0 spiro atoms. The van der Waals surface area contributed by atoms with Crippen molar-refractivity contribution in [3.63, 3.8) is 0 Å². The smallest absolute Gasteiger partial charge is 0.311 e. The molecule has 0 aliphatic heterocycles. The van der Waals surface area contributed by atoms with Gasteiger partial charge in [0.05, 0.1) is 50.6 Å². The highest BCUT2D eigenvalue weighted by molar-refractivity contribution is 5.90. The van der Waals surface area contributed by atoms with Crippen LogP contribution in [0.5, 0.6) is 0 Å². The molecule has 0 aromatic rings. The van der Waals surface area contributed by atoms with Gasteiger partial charge < -0.3 is 57.8 Å². The van der Waals surface area contributed by atoms with E-state index in [1.165, 1.54) is 43.4 Å². The molecule has 0 heterocycles. The summed E-state index contributed by atoms with van der Waals surface area (Å²) in [7, 11) is 0. The predicted octanol–water partition coefficient (Wildman–Crippen LogP) is 12.0. The van der Waals surface area contributed by atoms with Gasteiger partial charge in [-0.05, 0) is 194 Å². The molecular weight excluding hydrogens is 1300 g/mol. The van der Waals surface area contributed by atoms with E-state index in [-0.39, 0.29) is 156 Å². The van der Waals surface area contributed by atoms with Crippen LogP contribution in [-0.2, 0) is 86.0 Å². The van der Waals surface area contributed by atoms with Gasteiger partial charge in [0.15, 0.2) is 0 Å². The van der Waals surface area contributed by atoms with Crippen LogP contribution >= 0.6 is 0 Å². The van der Waals surface area contributed by atoms with Gasteiger partial charge >= 0.3 is 35.8 Å². The number of hydrogen-bond acceptors (Lipinski definition) is 18. The summed E-state index contributed by atoms with van der Waals surface area (Å²) >= 11 is 0. The second-order valence-electron chi connectivity index (χ2n) is 30.6. The Balaban J connectivity index is -0.000000268. The fourth-order valence-corrected chi connectivity index (χ4v) is 7.97. The molecule has 0 bridgehead atoms. The maximum absolute atomic E-state index is 11.7. The zero-order valence-corrected chi connectivity index (χ0v) is 67.7. The average Bonchev–Trinajstić information content (AvgIpc) is 0.905. The molecule has 0 rings (SSSR count). The average molecular weight is 1430 g/mol. The van der Waals surface area contributed by atoms with Gasteiger partial charge in [-0.1, -0.05) is 81.0 Å². The van der Waals surface area contributed by atoms with Crippen LogP contribution in [0.25, 0.3) is 0 Å². The number of carbonyl (C=O) groups is 12. The third-order valence-corrected chi connectivity index (χ3v) is 13.4. The molecule has 0 aliphatic rings. The van der Waals surface area contributed by atoms with E-state index < -0.39 is 5.41 Å². The van der Waals surface area contributed by atoms with Crippen LogP contribution in [0.15, 0.2) is 75.9 Å². The lowest BCUT2D eigenvalue weighted by Gasteiger charge is -2.35. The number of ether oxygens (including phenoxy) is 6. The van der Waals surface area contributed by atoms with E-state index >= 15 is 0 Å². The molecule has 0 aromatic carbocycles. The van der Waals surface area contributed by atoms with Gasteiger partial charge in [-0.25, -0.2) is 0 Å². The number of nitrogens with zero attached hydrogens (tertiary/aromatic N) is 6. The lowest BCUT2D eigenvalue weighted by atomic mass is 9.97. The molecular formula is C77H136N6O18. The molecule has 0 aromatic heterocycles. The van der Waals surface area contributed by atoms with Gasteiger partial charge in [0, 0.05) is 59.4 Å². The highest BCUT2D eigenvalue weighted by Gasteiger charge is 2.31. The standard InChI is InChI=1S/2C14H25NO3.2C13H23NO3.C12H21NO3.C11H19NO3/c1-8-11(16)15(14(5,6)7)9-10-18-12(17)13(2,3)4;1-7-12(16)15(14(4,5)6)8-9-18-13(17)10-11(2)3;1-7-11(15)14(13(4,5)6)8-9-17-12(16)10(2)3;1-6-8-12(16)17-10-9-14(11(15)7-2)13(3,4)5;1-6-10(14)13(12(3,4)5)8-9-16-11(15)7-2;1-6-10(14)12(11(3,4)5)7-8-15-9(2)13/h8H,1,9-10H2,2-7H3;7,11H,1,8-10H2,2-6H3;7,10H,1,8-9H2,2-6H3;7H,2,6,8-10H2,1,3-5H3;6H,1,7-9H2,2-5H3;6H,1,7-8H2,2-5H3. The molecule has 24 nitrogen and oxygen atoms in total. The summed E-state index contributed by atoms with van der Waals surface area (Å²) in [5.41, 5.74) is -2.36. The van der Waals surface area contributed by atoms with E-state index in [9.17, 15) is 57.5 Å². The predicted molar refractivity (Wildman–Crippen MR) is 400 cm³/mol. The number of esters is 6. The summed E-state index contributed by atoms with van der Waals surface area (Å²) in [4.78, 5) is 146. The van der Waals surface area contributed by atoms with Crippen LogP contribution in [0.1, 0.15) is 220 Å². The van der Waals surface area contributed by atoms with Crippen molar-refractivity contribution in [2.45, 2.75) is 253 Å². The normalized spacial score (nSPS) is 11.1. The Labute approximate surface area is 609 Å². The van der Waals surface area contributed by atoms with E-state index in [4.69, 9.17) is 28.4 Å². The Morgan fingerprint density at radius 3 is 0.762 bits per heavy atom. The number of hydrogen-bond donors (Lipinski definition) is 0. The summed E-state index contributed by atoms with van der Waals surface area (Å²) in [6.45, 7) is 77.0. The minimum absolute atomic E-state index is 0.145. The number of amides is 6. The fourth-order valence-electron chi connectivity index (χ4n) is 7.97. The van der Waals surface area contributed by atoms with E-state index in [0.29, 0.717) is 58.5 Å². The summed E-state index contributed by atoms with van der Waals surface area (Å²) in [5.74, 6) is -2.31. The summed E-state index contributed by atoms with van der Waals surface area (Å²) in [6.07, 6.45) is 9.59. The molecule has 0 aliphatic carbocycles. The summed E-state index contributed by atoms with van der Waals surface area (Å²) in [6, 6.07) is 0. The number of carbonyl (C=O) groups excluding carboxylic acids is 12. The first-order chi connectivity index (χ1) is 45.8. The molecule has 0 unspecified atom stereocenters. The van der Waals surface area contributed by atoms with Crippen LogP contribution in [0.2, 0.25) is 0 Å².